The van der Waals surface area contributed by atoms with Gasteiger partial charge < -0.3 is 14.8 Å². The van der Waals surface area contributed by atoms with Crippen molar-refractivity contribution in [2.75, 3.05) is 12.3 Å². The third-order valence-electron chi connectivity index (χ3n) is 3.48. The van der Waals surface area contributed by atoms with Gasteiger partial charge in [0.05, 0.1) is 12.0 Å². The van der Waals surface area contributed by atoms with Crippen molar-refractivity contribution in [1.82, 2.24) is 4.90 Å². The van der Waals surface area contributed by atoms with Crippen LogP contribution in [0.25, 0.3) is 0 Å². The second-order valence-corrected chi connectivity index (χ2v) is 5.43. The molecule has 118 valence electrons. The summed E-state index contributed by atoms with van der Waals surface area (Å²) < 4.78 is 0. The first-order valence-electron chi connectivity index (χ1n) is 7.69. The summed E-state index contributed by atoms with van der Waals surface area (Å²) in [4.78, 5) is 24.3. The number of carbonyl (C=O) groups excluding carboxylic acids is 2. The van der Waals surface area contributed by atoms with E-state index >= 15 is 0 Å². The SMILES string of the molecule is CCCCCCCCCC(=O)N(CC)C(CS)C(=O)[O-].[K+]. The fourth-order valence-corrected chi connectivity index (χ4v) is 2.59. The van der Waals surface area contributed by atoms with Gasteiger partial charge in [-0.25, -0.2) is 0 Å². The predicted molar refractivity (Wildman–Crippen MR) is 82.6 cm³/mol. The van der Waals surface area contributed by atoms with Gasteiger partial charge >= 0.3 is 51.4 Å². The normalized spacial score (nSPS) is 11.6. The summed E-state index contributed by atoms with van der Waals surface area (Å²) in [5.74, 6) is -1.24. The average Bonchev–Trinajstić information content (AvgIpc) is 2.42. The van der Waals surface area contributed by atoms with Gasteiger partial charge in [-0.3, -0.25) is 4.79 Å². The van der Waals surface area contributed by atoms with Gasteiger partial charge in [0.2, 0.25) is 5.91 Å². The first-order valence-corrected chi connectivity index (χ1v) is 8.32. The number of amides is 1. The minimum absolute atomic E-state index is 0. The van der Waals surface area contributed by atoms with Crippen LogP contribution in [0, 0.1) is 0 Å². The molecule has 4 nitrogen and oxygen atoms in total. The Hall–Kier alpha value is 0.926. The fourth-order valence-electron chi connectivity index (χ4n) is 2.25. The van der Waals surface area contributed by atoms with Gasteiger partial charge in [-0.15, -0.1) is 0 Å². The van der Waals surface area contributed by atoms with Gasteiger partial charge in [0.1, 0.15) is 0 Å². The number of unbranched alkanes of at least 4 members (excludes halogenated alkanes) is 6. The summed E-state index contributed by atoms with van der Waals surface area (Å²) in [5, 5.41) is 11.0. The third-order valence-corrected chi connectivity index (χ3v) is 3.82. The number of rotatable bonds is 12. The average molecular weight is 342 g/mol. The number of carboxylic acid groups (broad SMARTS) is 1. The maximum Gasteiger partial charge on any atom is 1.00 e. The Labute approximate surface area is 177 Å². The predicted octanol–water partition coefficient (Wildman–Crippen LogP) is -0.972. The molecule has 0 radical (unpaired) electrons. The maximum absolute atomic E-state index is 12.0. The molecule has 0 rings (SSSR count). The number of hydrogen-bond acceptors (Lipinski definition) is 4. The molecule has 0 spiro atoms. The van der Waals surface area contributed by atoms with Gasteiger partial charge in [-0.1, -0.05) is 45.4 Å². The standard InChI is InChI=1S/C15H29NO3S.K/c1-3-5-6-7-8-9-10-11-14(17)16(4-2)13(12-20)15(18)19;/h13,20H,3-12H2,1-2H3,(H,18,19);/q;+1/p-1. The van der Waals surface area contributed by atoms with Gasteiger partial charge in [0.15, 0.2) is 0 Å². The van der Waals surface area contributed by atoms with Crippen LogP contribution in [0.1, 0.15) is 65.2 Å². The molecular weight excluding hydrogens is 313 g/mol. The van der Waals surface area contributed by atoms with E-state index in [-0.39, 0.29) is 63.0 Å². The van der Waals surface area contributed by atoms with Crippen LogP contribution in [0.2, 0.25) is 0 Å². The molecule has 0 aromatic heterocycles. The second kappa shape index (κ2) is 15.8. The van der Waals surface area contributed by atoms with E-state index in [1.54, 1.807) is 6.92 Å². The summed E-state index contributed by atoms with van der Waals surface area (Å²) >= 11 is 3.99. The summed E-state index contributed by atoms with van der Waals surface area (Å²) in [6, 6.07) is -0.916. The fraction of sp³-hybridized carbons (Fsp3) is 0.867. The van der Waals surface area contributed by atoms with Crippen LogP contribution in [0.4, 0.5) is 0 Å². The molecule has 0 saturated carbocycles. The van der Waals surface area contributed by atoms with Crippen LogP contribution in [-0.4, -0.2) is 35.1 Å². The Bertz CT molecular complexity index is 290. The number of thiol groups is 1. The van der Waals surface area contributed by atoms with Crippen LogP contribution < -0.4 is 56.5 Å². The van der Waals surface area contributed by atoms with E-state index in [4.69, 9.17) is 0 Å². The zero-order valence-electron chi connectivity index (χ0n) is 13.8. The van der Waals surface area contributed by atoms with Crippen molar-refractivity contribution in [2.45, 2.75) is 71.3 Å². The molecule has 0 aliphatic rings. The molecule has 0 aliphatic carbocycles. The van der Waals surface area contributed by atoms with Crippen molar-refractivity contribution >= 4 is 24.5 Å². The van der Waals surface area contributed by atoms with Crippen molar-refractivity contribution in [2.24, 2.45) is 0 Å². The van der Waals surface area contributed by atoms with E-state index in [0.29, 0.717) is 13.0 Å². The van der Waals surface area contributed by atoms with Gasteiger partial charge in [-0.05, 0) is 13.3 Å². The Balaban J connectivity index is 0. The van der Waals surface area contributed by atoms with Crippen molar-refractivity contribution in [3.63, 3.8) is 0 Å². The number of hydrogen-bond donors (Lipinski definition) is 1. The molecule has 0 aliphatic heterocycles. The molecule has 0 aromatic rings. The molecule has 6 heteroatoms. The second-order valence-electron chi connectivity index (χ2n) is 5.07. The molecule has 1 amide bonds. The van der Waals surface area contributed by atoms with E-state index < -0.39 is 12.0 Å². The number of likely N-dealkylation sites (N-methyl/N-ethyl adjacent to an activating group) is 1. The Morgan fingerprint density at radius 1 is 1.05 bits per heavy atom. The topological polar surface area (TPSA) is 60.4 Å². The maximum atomic E-state index is 12.0. The van der Waals surface area contributed by atoms with E-state index in [9.17, 15) is 14.7 Å². The smallest absolute Gasteiger partial charge is 0.548 e. The van der Waals surface area contributed by atoms with Crippen molar-refractivity contribution in [3.05, 3.63) is 0 Å². The van der Waals surface area contributed by atoms with Crippen molar-refractivity contribution < 1.29 is 66.1 Å². The van der Waals surface area contributed by atoms with Crippen LogP contribution in [0.5, 0.6) is 0 Å². The zero-order chi connectivity index (χ0) is 15.4. The summed E-state index contributed by atoms with van der Waals surface area (Å²) in [6.07, 6.45) is 8.42. The van der Waals surface area contributed by atoms with Gasteiger partial charge in [-0.2, -0.15) is 12.6 Å². The molecule has 1 atom stereocenters. The molecule has 0 aromatic carbocycles. The Kier molecular flexibility index (Phi) is 18.2. The van der Waals surface area contributed by atoms with E-state index in [1.165, 1.54) is 30.6 Å². The van der Waals surface area contributed by atoms with Crippen LogP contribution in [0.3, 0.4) is 0 Å². The Morgan fingerprint density at radius 2 is 1.57 bits per heavy atom. The largest absolute Gasteiger partial charge is 1.00 e. The minimum atomic E-state index is -1.23. The number of aliphatic carboxylic acids is 1. The molecule has 21 heavy (non-hydrogen) atoms. The van der Waals surface area contributed by atoms with Gasteiger partial charge in [0.25, 0.3) is 0 Å². The third kappa shape index (κ3) is 11.2. The molecule has 0 saturated heterocycles. The first kappa shape index (κ1) is 24.2. The zero-order valence-corrected chi connectivity index (χ0v) is 17.8. The number of nitrogens with zero attached hydrogens (tertiary/aromatic N) is 1. The first-order chi connectivity index (χ1) is 9.58. The Morgan fingerprint density at radius 3 is 2.00 bits per heavy atom. The number of carboxylic acids is 1. The quantitative estimate of drug-likeness (QED) is 0.282. The number of carbonyl (C=O) groups is 2. The molecular formula is C15H28KNO3S. The van der Waals surface area contributed by atoms with Crippen LogP contribution in [0.15, 0.2) is 0 Å². The summed E-state index contributed by atoms with van der Waals surface area (Å²) in [5.41, 5.74) is 0. The molecule has 0 bridgehead atoms. The minimum Gasteiger partial charge on any atom is -0.548 e. The summed E-state index contributed by atoms with van der Waals surface area (Å²) in [6.45, 7) is 4.35. The van der Waals surface area contributed by atoms with Crippen LogP contribution >= 0.6 is 12.6 Å². The molecule has 0 N–H and O–H groups in total. The monoisotopic (exact) mass is 341 g/mol. The van der Waals surface area contributed by atoms with E-state index in [1.807, 2.05) is 0 Å². The molecule has 0 fully saturated rings. The molecule has 1 unspecified atom stereocenters. The summed E-state index contributed by atoms with van der Waals surface area (Å²) in [7, 11) is 0. The van der Waals surface area contributed by atoms with Crippen molar-refractivity contribution in [1.29, 1.82) is 0 Å². The van der Waals surface area contributed by atoms with Crippen molar-refractivity contribution in [3.8, 4) is 0 Å². The molecule has 0 heterocycles. The van der Waals surface area contributed by atoms with E-state index in [2.05, 4.69) is 19.6 Å². The van der Waals surface area contributed by atoms with Crippen LogP contribution in [-0.2, 0) is 9.59 Å². The van der Waals surface area contributed by atoms with E-state index in [0.717, 1.165) is 19.3 Å². The van der Waals surface area contributed by atoms with Gasteiger partial charge in [0, 0.05) is 18.7 Å².